The molecular weight excluding hydrogens is 210 g/mol. The van der Waals surface area contributed by atoms with Crippen molar-refractivity contribution in [1.29, 1.82) is 5.26 Å². The van der Waals surface area contributed by atoms with Crippen LogP contribution in [0.2, 0.25) is 0 Å². The van der Waals surface area contributed by atoms with Crippen molar-refractivity contribution >= 4 is 0 Å². The summed E-state index contributed by atoms with van der Waals surface area (Å²) in [5, 5.41) is 8.61. The highest BCUT2D eigenvalue weighted by atomic mass is 19.2. The molecule has 1 rings (SSSR count). The summed E-state index contributed by atoms with van der Waals surface area (Å²) in [4.78, 5) is 1.90. The van der Waals surface area contributed by atoms with Gasteiger partial charge >= 0.3 is 0 Å². The van der Waals surface area contributed by atoms with E-state index in [1.807, 2.05) is 11.8 Å². The molecule has 1 aromatic carbocycles. The van der Waals surface area contributed by atoms with Crippen LogP contribution in [0, 0.1) is 23.0 Å². The van der Waals surface area contributed by atoms with E-state index in [9.17, 15) is 8.78 Å². The summed E-state index contributed by atoms with van der Waals surface area (Å²) in [6.45, 7) is 3.55. The van der Waals surface area contributed by atoms with E-state index in [0.717, 1.165) is 19.0 Å². The van der Waals surface area contributed by atoms with E-state index in [1.54, 1.807) is 6.07 Å². The van der Waals surface area contributed by atoms with Crippen molar-refractivity contribution in [2.75, 3.05) is 13.1 Å². The van der Waals surface area contributed by atoms with Gasteiger partial charge in [-0.25, -0.2) is 8.78 Å². The van der Waals surface area contributed by atoms with Crippen molar-refractivity contribution in [1.82, 2.24) is 4.90 Å². The molecule has 4 heteroatoms. The smallest absolute Gasteiger partial charge is 0.159 e. The maximum Gasteiger partial charge on any atom is 0.159 e. The van der Waals surface area contributed by atoms with Gasteiger partial charge in [0.25, 0.3) is 0 Å². The topological polar surface area (TPSA) is 27.0 Å². The van der Waals surface area contributed by atoms with Crippen LogP contribution in [0.5, 0.6) is 0 Å². The van der Waals surface area contributed by atoms with Crippen LogP contribution in [0.4, 0.5) is 8.78 Å². The van der Waals surface area contributed by atoms with Crippen LogP contribution in [0.1, 0.15) is 18.9 Å². The van der Waals surface area contributed by atoms with Gasteiger partial charge in [0.15, 0.2) is 11.6 Å². The molecule has 0 aliphatic heterocycles. The highest BCUT2D eigenvalue weighted by Gasteiger charge is 2.07. The normalized spacial score (nSPS) is 10.4. The minimum Gasteiger partial charge on any atom is -0.286 e. The molecule has 0 amide bonds. The Balaban J connectivity index is 2.69. The molecule has 0 bridgehead atoms. The van der Waals surface area contributed by atoms with Crippen LogP contribution in [0.25, 0.3) is 0 Å². The quantitative estimate of drug-likeness (QED) is 0.719. The lowest BCUT2D eigenvalue weighted by Gasteiger charge is -2.18. The van der Waals surface area contributed by atoms with Crippen LogP contribution in [0.15, 0.2) is 18.2 Å². The minimum atomic E-state index is -0.842. The van der Waals surface area contributed by atoms with Gasteiger partial charge in [-0.15, -0.1) is 0 Å². The first-order valence-electron chi connectivity index (χ1n) is 5.20. The van der Waals surface area contributed by atoms with Crippen molar-refractivity contribution in [3.63, 3.8) is 0 Å². The van der Waals surface area contributed by atoms with Gasteiger partial charge in [0.05, 0.1) is 12.6 Å². The number of halogens is 2. The number of hydrogen-bond acceptors (Lipinski definition) is 2. The van der Waals surface area contributed by atoms with E-state index in [4.69, 9.17) is 5.26 Å². The van der Waals surface area contributed by atoms with Gasteiger partial charge in [0.1, 0.15) is 0 Å². The summed E-state index contributed by atoms with van der Waals surface area (Å²) in [6, 6.07) is 5.89. The van der Waals surface area contributed by atoms with Gasteiger partial charge in [-0.1, -0.05) is 13.0 Å². The molecule has 0 fully saturated rings. The number of nitriles is 1. The van der Waals surface area contributed by atoms with E-state index in [0.29, 0.717) is 18.7 Å². The molecule has 2 nitrogen and oxygen atoms in total. The summed E-state index contributed by atoms with van der Waals surface area (Å²) in [7, 11) is 0. The average Bonchev–Trinajstić information content (AvgIpc) is 2.24. The van der Waals surface area contributed by atoms with Gasteiger partial charge < -0.3 is 0 Å². The number of nitrogens with zero attached hydrogens (tertiary/aromatic N) is 2. The molecule has 0 unspecified atom stereocenters. The molecule has 0 aliphatic rings. The van der Waals surface area contributed by atoms with Crippen LogP contribution in [-0.4, -0.2) is 18.0 Å². The first-order chi connectivity index (χ1) is 7.67. The molecule has 1 aromatic rings. The lowest BCUT2D eigenvalue weighted by molar-refractivity contribution is 0.297. The van der Waals surface area contributed by atoms with Crippen LogP contribution in [-0.2, 0) is 6.54 Å². The maximum atomic E-state index is 12.9. The number of rotatable bonds is 5. The summed E-state index contributed by atoms with van der Waals surface area (Å²) >= 11 is 0. The molecule has 0 saturated heterocycles. The monoisotopic (exact) mass is 224 g/mol. The standard InChI is InChI=1S/C12H14F2N2/c1-2-6-16(7-5-15)9-10-3-4-11(13)12(14)8-10/h3-4,8H,2,6-7,9H2,1H3. The van der Waals surface area contributed by atoms with Gasteiger partial charge in [0, 0.05) is 6.54 Å². The van der Waals surface area contributed by atoms with E-state index in [2.05, 4.69) is 6.07 Å². The van der Waals surface area contributed by atoms with E-state index in [-0.39, 0.29) is 0 Å². The fraction of sp³-hybridized carbons (Fsp3) is 0.417. The van der Waals surface area contributed by atoms with Crippen molar-refractivity contribution in [3.8, 4) is 6.07 Å². The number of benzene rings is 1. The molecule has 0 heterocycles. The Bertz CT molecular complexity index is 385. The molecule has 0 aliphatic carbocycles. The highest BCUT2D eigenvalue weighted by Crippen LogP contribution is 2.11. The molecular formula is C12H14F2N2. The summed E-state index contributed by atoms with van der Waals surface area (Å²) in [5.41, 5.74) is 0.683. The van der Waals surface area contributed by atoms with Gasteiger partial charge in [-0.05, 0) is 30.7 Å². The lowest BCUT2D eigenvalue weighted by Crippen LogP contribution is -2.24. The summed E-state index contributed by atoms with van der Waals surface area (Å²) in [5.74, 6) is -1.68. The van der Waals surface area contributed by atoms with Crippen LogP contribution in [0.3, 0.4) is 0 Å². The Morgan fingerprint density at radius 2 is 2.06 bits per heavy atom. The fourth-order valence-electron chi connectivity index (χ4n) is 1.53. The predicted octanol–water partition coefficient (Wildman–Crippen LogP) is 2.70. The highest BCUT2D eigenvalue weighted by molar-refractivity contribution is 5.17. The maximum absolute atomic E-state index is 12.9. The zero-order valence-electron chi connectivity index (χ0n) is 9.21. The largest absolute Gasteiger partial charge is 0.286 e. The van der Waals surface area contributed by atoms with Crippen molar-refractivity contribution in [2.45, 2.75) is 19.9 Å². The second-order valence-corrected chi connectivity index (χ2v) is 3.62. The van der Waals surface area contributed by atoms with Crippen molar-refractivity contribution in [3.05, 3.63) is 35.4 Å². The Labute approximate surface area is 94.1 Å². The molecule has 0 aromatic heterocycles. The third kappa shape index (κ3) is 3.59. The second kappa shape index (κ2) is 6.19. The zero-order chi connectivity index (χ0) is 12.0. The molecule has 16 heavy (non-hydrogen) atoms. The Kier molecular flexibility index (Phi) is 4.87. The second-order valence-electron chi connectivity index (χ2n) is 3.62. The third-order valence-electron chi connectivity index (χ3n) is 2.22. The van der Waals surface area contributed by atoms with Gasteiger partial charge in [-0.2, -0.15) is 5.26 Å². The third-order valence-corrected chi connectivity index (χ3v) is 2.22. The average molecular weight is 224 g/mol. The molecule has 0 N–H and O–H groups in total. The van der Waals surface area contributed by atoms with Crippen LogP contribution >= 0.6 is 0 Å². The van der Waals surface area contributed by atoms with Gasteiger partial charge in [0.2, 0.25) is 0 Å². The first-order valence-corrected chi connectivity index (χ1v) is 5.20. The minimum absolute atomic E-state index is 0.298. The Morgan fingerprint density at radius 1 is 1.31 bits per heavy atom. The Hall–Kier alpha value is -1.47. The summed E-state index contributed by atoms with van der Waals surface area (Å²) < 4.78 is 25.6. The Morgan fingerprint density at radius 3 is 2.62 bits per heavy atom. The molecule has 0 spiro atoms. The van der Waals surface area contributed by atoms with Gasteiger partial charge in [-0.3, -0.25) is 4.90 Å². The van der Waals surface area contributed by atoms with E-state index in [1.165, 1.54) is 6.07 Å². The SMILES string of the molecule is CCCN(CC#N)Cc1ccc(F)c(F)c1. The first kappa shape index (κ1) is 12.6. The van der Waals surface area contributed by atoms with E-state index < -0.39 is 11.6 Å². The number of hydrogen-bond donors (Lipinski definition) is 0. The molecule has 0 atom stereocenters. The molecule has 86 valence electrons. The lowest BCUT2D eigenvalue weighted by atomic mass is 10.2. The zero-order valence-corrected chi connectivity index (χ0v) is 9.21. The van der Waals surface area contributed by atoms with Crippen molar-refractivity contribution in [2.24, 2.45) is 0 Å². The van der Waals surface area contributed by atoms with Crippen molar-refractivity contribution < 1.29 is 8.78 Å². The van der Waals surface area contributed by atoms with Crippen LogP contribution < -0.4 is 0 Å². The molecule has 0 saturated carbocycles. The fourth-order valence-corrected chi connectivity index (χ4v) is 1.53. The summed E-state index contributed by atoms with van der Waals surface area (Å²) in [6.07, 6.45) is 0.922. The van der Waals surface area contributed by atoms with E-state index >= 15 is 0 Å². The molecule has 0 radical (unpaired) electrons. The predicted molar refractivity (Wildman–Crippen MR) is 57.5 cm³/mol.